The molecule has 0 saturated heterocycles. The maximum Gasteiger partial charge on any atom is 0.172 e. The molecule has 0 aliphatic rings. The van der Waals surface area contributed by atoms with E-state index < -0.39 is 0 Å². The first-order chi connectivity index (χ1) is 8.31. The Hall–Kier alpha value is -0.970. The SMILES string of the molecule is CCCNC(Cc1cccnc1)C(OC)OC. The summed E-state index contributed by atoms with van der Waals surface area (Å²) in [6.45, 7) is 3.09. The van der Waals surface area contributed by atoms with E-state index >= 15 is 0 Å². The monoisotopic (exact) mass is 238 g/mol. The molecule has 1 aromatic rings. The minimum absolute atomic E-state index is 0.147. The third kappa shape index (κ3) is 4.81. The largest absolute Gasteiger partial charge is 0.354 e. The molecule has 0 bridgehead atoms. The molecule has 0 fully saturated rings. The minimum atomic E-state index is -0.234. The summed E-state index contributed by atoms with van der Waals surface area (Å²) in [5.41, 5.74) is 1.18. The highest BCUT2D eigenvalue weighted by Gasteiger charge is 2.20. The fourth-order valence-corrected chi connectivity index (χ4v) is 1.79. The molecule has 1 N–H and O–H groups in total. The van der Waals surface area contributed by atoms with Gasteiger partial charge in [-0.25, -0.2) is 0 Å². The third-order valence-corrected chi connectivity index (χ3v) is 2.63. The van der Waals surface area contributed by atoms with Crippen LogP contribution in [0.4, 0.5) is 0 Å². The Morgan fingerprint density at radius 3 is 2.65 bits per heavy atom. The molecule has 96 valence electrons. The van der Waals surface area contributed by atoms with Gasteiger partial charge in [0.2, 0.25) is 0 Å². The molecule has 0 aliphatic carbocycles. The Morgan fingerprint density at radius 2 is 2.12 bits per heavy atom. The van der Waals surface area contributed by atoms with E-state index in [1.54, 1.807) is 20.4 Å². The minimum Gasteiger partial charge on any atom is -0.354 e. The second-order valence-corrected chi connectivity index (χ2v) is 3.97. The van der Waals surface area contributed by atoms with Crippen LogP contribution < -0.4 is 5.32 Å². The number of aromatic nitrogens is 1. The molecule has 0 radical (unpaired) electrons. The maximum absolute atomic E-state index is 5.33. The Morgan fingerprint density at radius 1 is 1.35 bits per heavy atom. The second-order valence-electron chi connectivity index (χ2n) is 3.97. The van der Waals surface area contributed by atoms with E-state index in [4.69, 9.17) is 9.47 Å². The van der Waals surface area contributed by atoms with Crippen LogP contribution in [0, 0.1) is 0 Å². The van der Waals surface area contributed by atoms with Gasteiger partial charge in [-0.3, -0.25) is 4.98 Å². The average molecular weight is 238 g/mol. The van der Waals surface area contributed by atoms with Crippen LogP contribution >= 0.6 is 0 Å². The summed E-state index contributed by atoms with van der Waals surface area (Å²) in [6.07, 6.45) is 5.36. The van der Waals surface area contributed by atoms with Crippen molar-refractivity contribution in [2.24, 2.45) is 0 Å². The second kappa shape index (κ2) is 8.17. The van der Waals surface area contributed by atoms with E-state index in [-0.39, 0.29) is 12.3 Å². The zero-order valence-corrected chi connectivity index (χ0v) is 10.8. The molecule has 1 heterocycles. The van der Waals surface area contributed by atoms with Crippen molar-refractivity contribution < 1.29 is 9.47 Å². The van der Waals surface area contributed by atoms with Gasteiger partial charge in [-0.1, -0.05) is 13.0 Å². The van der Waals surface area contributed by atoms with Crippen molar-refractivity contribution in [1.82, 2.24) is 10.3 Å². The summed E-state index contributed by atoms with van der Waals surface area (Å²) < 4.78 is 10.7. The number of pyridine rings is 1. The van der Waals surface area contributed by atoms with Gasteiger partial charge >= 0.3 is 0 Å². The number of nitrogens with one attached hydrogen (secondary N) is 1. The van der Waals surface area contributed by atoms with E-state index in [9.17, 15) is 0 Å². The van der Waals surface area contributed by atoms with Crippen molar-refractivity contribution in [2.45, 2.75) is 32.1 Å². The molecule has 0 aromatic carbocycles. The van der Waals surface area contributed by atoms with Crippen molar-refractivity contribution in [3.63, 3.8) is 0 Å². The lowest BCUT2D eigenvalue weighted by Crippen LogP contribution is -2.44. The summed E-state index contributed by atoms with van der Waals surface area (Å²) in [4.78, 5) is 4.12. The van der Waals surface area contributed by atoms with E-state index in [1.165, 1.54) is 5.56 Å². The standard InChI is InChI=1S/C13H22N2O2/c1-4-7-15-12(13(16-2)17-3)9-11-6-5-8-14-10-11/h5-6,8,10,12-13,15H,4,7,9H2,1-3H3. The van der Waals surface area contributed by atoms with Gasteiger partial charge in [-0.15, -0.1) is 0 Å². The van der Waals surface area contributed by atoms with Crippen LogP contribution in [0.1, 0.15) is 18.9 Å². The van der Waals surface area contributed by atoms with Gasteiger partial charge < -0.3 is 14.8 Å². The molecule has 1 aromatic heterocycles. The first-order valence-corrected chi connectivity index (χ1v) is 5.99. The van der Waals surface area contributed by atoms with Crippen molar-refractivity contribution >= 4 is 0 Å². The van der Waals surface area contributed by atoms with E-state index in [0.29, 0.717) is 0 Å². The highest BCUT2D eigenvalue weighted by Crippen LogP contribution is 2.08. The van der Waals surface area contributed by atoms with Crippen LogP contribution in [-0.2, 0) is 15.9 Å². The smallest absolute Gasteiger partial charge is 0.172 e. The fourth-order valence-electron chi connectivity index (χ4n) is 1.79. The van der Waals surface area contributed by atoms with Crippen LogP contribution in [0.15, 0.2) is 24.5 Å². The highest BCUT2D eigenvalue weighted by atomic mass is 16.7. The van der Waals surface area contributed by atoms with Crippen LogP contribution in [-0.4, -0.2) is 38.1 Å². The van der Waals surface area contributed by atoms with Gasteiger partial charge in [0.05, 0.1) is 6.04 Å². The van der Waals surface area contributed by atoms with Crippen molar-refractivity contribution in [3.8, 4) is 0 Å². The number of hydrogen-bond acceptors (Lipinski definition) is 4. The zero-order valence-electron chi connectivity index (χ0n) is 10.8. The van der Waals surface area contributed by atoms with Gasteiger partial charge in [0.1, 0.15) is 0 Å². The Kier molecular flexibility index (Phi) is 6.77. The molecule has 0 spiro atoms. The van der Waals surface area contributed by atoms with Crippen LogP contribution in [0.3, 0.4) is 0 Å². The summed E-state index contributed by atoms with van der Waals surface area (Å²) >= 11 is 0. The van der Waals surface area contributed by atoms with Gasteiger partial charge in [-0.05, 0) is 31.0 Å². The van der Waals surface area contributed by atoms with Gasteiger partial charge in [0, 0.05) is 26.6 Å². The number of nitrogens with zero attached hydrogens (tertiary/aromatic N) is 1. The maximum atomic E-state index is 5.33. The van der Waals surface area contributed by atoms with Crippen molar-refractivity contribution in [1.29, 1.82) is 0 Å². The topological polar surface area (TPSA) is 43.4 Å². The average Bonchev–Trinajstić information content (AvgIpc) is 2.38. The molecular formula is C13H22N2O2. The molecule has 0 aliphatic heterocycles. The molecule has 0 saturated carbocycles. The number of methoxy groups -OCH3 is 2. The summed E-state index contributed by atoms with van der Waals surface area (Å²) in [7, 11) is 3.33. The zero-order chi connectivity index (χ0) is 12.5. The molecule has 4 heteroatoms. The summed E-state index contributed by atoms with van der Waals surface area (Å²) in [5, 5.41) is 3.44. The van der Waals surface area contributed by atoms with E-state index in [0.717, 1.165) is 19.4 Å². The van der Waals surface area contributed by atoms with Gasteiger partial charge in [0.25, 0.3) is 0 Å². The van der Waals surface area contributed by atoms with E-state index in [2.05, 4.69) is 23.3 Å². The molecule has 4 nitrogen and oxygen atoms in total. The van der Waals surface area contributed by atoms with E-state index in [1.807, 2.05) is 12.3 Å². The third-order valence-electron chi connectivity index (χ3n) is 2.63. The number of rotatable bonds is 8. The number of ether oxygens (including phenoxy) is 2. The predicted molar refractivity (Wildman–Crippen MR) is 67.8 cm³/mol. The van der Waals surface area contributed by atoms with Crippen molar-refractivity contribution in [2.75, 3.05) is 20.8 Å². The van der Waals surface area contributed by atoms with Crippen molar-refractivity contribution in [3.05, 3.63) is 30.1 Å². The van der Waals surface area contributed by atoms with Crippen LogP contribution in [0.2, 0.25) is 0 Å². The lowest BCUT2D eigenvalue weighted by Gasteiger charge is -2.25. The Labute approximate surface area is 103 Å². The van der Waals surface area contributed by atoms with Crippen LogP contribution in [0.25, 0.3) is 0 Å². The van der Waals surface area contributed by atoms with Gasteiger partial charge in [-0.2, -0.15) is 0 Å². The molecule has 17 heavy (non-hydrogen) atoms. The Bertz CT molecular complexity index is 289. The molecule has 1 unspecified atom stereocenters. The first-order valence-electron chi connectivity index (χ1n) is 5.99. The van der Waals surface area contributed by atoms with Gasteiger partial charge in [0.15, 0.2) is 6.29 Å². The lowest BCUT2D eigenvalue weighted by atomic mass is 10.1. The summed E-state index contributed by atoms with van der Waals surface area (Å²) in [5.74, 6) is 0. The first kappa shape index (κ1) is 14.1. The lowest BCUT2D eigenvalue weighted by molar-refractivity contribution is -0.122. The molecule has 0 amide bonds. The molecular weight excluding hydrogens is 216 g/mol. The number of hydrogen-bond donors (Lipinski definition) is 1. The highest BCUT2D eigenvalue weighted by molar-refractivity contribution is 5.10. The molecule has 1 atom stereocenters. The fraction of sp³-hybridized carbons (Fsp3) is 0.615. The molecule has 1 rings (SSSR count). The van der Waals surface area contributed by atoms with Crippen LogP contribution in [0.5, 0.6) is 0 Å². The quantitative estimate of drug-likeness (QED) is 0.699. The predicted octanol–water partition coefficient (Wildman–Crippen LogP) is 1.61. The summed E-state index contributed by atoms with van der Waals surface area (Å²) in [6, 6.07) is 4.16. The Balaban J connectivity index is 2.62. The normalized spacial score (nSPS) is 12.9.